The van der Waals surface area contributed by atoms with Gasteiger partial charge in [0.2, 0.25) is 0 Å². The molecule has 0 bridgehead atoms. The number of piperidine rings is 1. The zero-order valence-electron chi connectivity index (χ0n) is 15.8. The van der Waals surface area contributed by atoms with E-state index in [0.29, 0.717) is 42.1 Å². The molecule has 2 aliphatic heterocycles. The van der Waals surface area contributed by atoms with Crippen molar-refractivity contribution in [3.05, 3.63) is 46.0 Å². The first-order valence-electron chi connectivity index (χ1n) is 9.25. The van der Waals surface area contributed by atoms with E-state index in [9.17, 15) is 9.59 Å². The number of nitrogens with zero attached hydrogens (tertiary/aromatic N) is 1. The number of hydrogen-bond acceptors (Lipinski definition) is 6. The van der Waals surface area contributed by atoms with Crippen molar-refractivity contribution >= 4 is 35.1 Å². The molecule has 8 heteroatoms. The first-order valence-corrected chi connectivity index (χ1v) is 10.0. The smallest absolute Gasteiger partial charge is 0.350 e. The van der Waals surface area contributed by atoms with Crippen molar-refractivity contribution in [2.75, 3.05) is 19.8 Å². The SMILES string of the molecule is CC(C)COCC1C(c2ccc(Cl)c(Cl)c2)CCN2OC(=O)/C=C/C(=O)OC12. The van der Waals surface area contributed by atoms with Gasteiger partial charge in [0.25, 0.3) is 0 Å². The number of carbonyl (C=O) groups excluding carboxylic acids is 2. The number of ether oxygens (including phenoxy) is 2. The van der Waals surface area contributed by atoms with Crippen LogP contribution in [0.25, 0.3) is 0 Å². The lowest BCUT2D eigenvalue weighted by atomic mass is 9.80. The fourth-order valence-corrected chi connectivity index (χ4v) is 3.81. The van der Waals surface area contributed by atoms with Crippen molar-refractivity contribution in [2.24, 2.45) is 11.8 Å². The Balaban J connectivity index is 1.90. The van der Waals surface area contributed by atoms with Gasteiger partial charge in [-0.05, 0) is 36.0 Å². The van der Waals surface area contributed by atoms with E-state index in [1.807, 2.05) is 12.1 Å². The molecule has 0 aromatic heterocycles. The quantitative estimate of drug-likeness (QED) is 0.662. The Morgan fingerprint density at radius 2 is 1.93 bits per heavy atom. The number of benzene rings is 1. The van der Waals surface area contributed by atoms with Gasteiger partial charge < -0.3 is 14.3 Å². The molecule has 0 aliphatic carbocycles. The van der Waals surface area contributed by atoms with E-state index in [-0.39, 0.29) is 11.8 Å². The molecule has 2 heterocycles. The first kappa shape index (κ1) is 21.1. The molecular weight excluding hydrogens is 405 g/mol. The van der Waals surface area contributed by atoms with E-state index in [1.54, 1.807) is 6.07 Å². The molecule has 3 rings (SSSR count). The Hall–Kier alpha value is -1.60. The number of esters is 1. The highest BCUT2D eigenvalue weighted by atomic mass is 35.5. The second kappa shape index (κ2) is 9.27. The predicted octanol–water partition coefficient (Wildman–Crippen LogP) is 3.97. The molecule has 3 atom stereocenters. The Morgan fingerprint density at radius 1 is 1.18 bits per heavy atom. The molecular formula is C20H23Cl2NO5. The Morgan fingerprint density at radius 3 is 2.64 bits per heavy atom. The van der Waals surface area contributed by atoms with Gasteiger partial charge in [-0.25, -0.2) is 9.59 Å². The van der Waals surface area contributed by atoms with Gasteiger partial charge in [0.15, 0.2) is 6.23 Å². The highest BCUT2D eigenvalue weighted by Gasteiger charge is 2.43. The van der Waals surface area contributed by atoms with Crippen LogP contribution in [0.2, 0.25) is 10.0 Å². The fourth-order valence-electron chi connectivity index (χ4n) is 3.50. The lowest BCUT2D eigenvalue weighted by molar-refractivity contribution is -0.266. The molecule has 0 amide bonds. The van der Waals surface area contributed by atoms with Gasteiger partial charge in [-0.1, -0.05) is 48.2 Å². The van der Waals surface area contributed by atoms with Gasteiger partial charge >= 0.3 is 11.9 Å². The number of carbonyl (C=O) groups is 2. The molecule has 0 saturated carbocycles. The van der Waals surface area contributed by atoms with Crippen LogP contribution in [0.5, 0.6) is 0 Å². The van der Waals surface area contributed by atoms with Crippen LogP contribution in [0.15, 0.2) is 30.4 Å². The second-order valence-corrected chi connectivity index (χ2v) is 8.19. The zero-order valence-corrected chi connectivity index (χ0v) is 17.3. The number of hydroxylamine groups is 2. The van der Waals surface area contributed by atoms with E-state index in [2.05, 4.69) is 13.8 Å². The normalized spacial score (nSPS) is 26.8. The average molecular weight is 428 g/mol. The summed E-state index contributed by atoms with van der Waals surface area (Å²) in [4.78, 5) is 29.3. The molecule has 2 aliphatic rings. The number of hydrogen-bond donors (Lipinski definition) is 0. The third-order valence-electron chi connectivity index (χ3n) is 4.76. The van der Waals surface area contributed by atoms with E-state index in [4.69, 9.17) is 37.5 Å². The summed E-state index contributed by atoms with van der Waals surface area (Å²) in [6, 6.07) is 5.50. The van der Waals surface area contributed by atoms with E-state index in [0.717, 1.165) is 17.7 Å². The summed E-state index contributed by atoms with van der Waals surface area (Å²) < 4.78 is 11.5. The minimum absolute atomic E-state index is 0.00177. The summed E-state index contributed by atoms with van der Waals surface area (Å²) in [6.07, 6.45) is 2.07. The minimum Gasteiger partial charge on any atom is -0.440 e. The maximum atomic E-state index is 12.1. The maximum absolute atomic E-state index is 12.1. The first-order chi connectivity index (χ1) is 13.3. The van der Waals surface area contributed by atoms with Crippen molar-refractivity contribution in [1.82, 2.24) is 5.06 Å². The molecule has 1 aromatic rings. The van der Waals surface area contributed by atoms with E-state index in [1.165, 1.54) is 5.06 Å². The van der Waals surface area contributed by atoms with Crippen LogP contribution in [0.1, 0.15) is 31.7 Å². The monoisotopic (exact) mass is 427 g/mol. The average Bonchev–Trinajstić information content (AvgIpc) is 2.63. The summed E-state index contributed by atoms with van der Waals surface area (Å²) in [7, 11) is 0. The zero-order chi connectivity index (χ0) is 20.3. The lowest BCUT2D eigenvalue weighted by Gasteiger charge is -2.43. The van der Waals surface area contributed by atoms with Crippen LogP contribution < -0.4 is 0 Å². The summed E-state index contributed by atoms with van der Waals surface area (Å²) in [5.74, 6) is -1.07. The molecule has 3 unspecified atom stereocenters. The van der Waals surface area contributed by atoms with Gasteiger partial charge in [0.05, 0.1) is 16.7 Å². The summed E-state index contributed by atoms with van der Waals surface area (Å²) in [5.41, 5.74) is 0.979. The second-order valence-electron chi connectivity index (χ2n) is 7.38. The summed E-state index contributed by atoms with van der Waals surface area (Å²) in [5, 5.41) is 2.38. The molecule has 0 spiro atoms. The highest BCUT2D eigenvalue weighted by Crippen LogP contribution is 2.40. The Labute approximate surface area is 174 Å². The van der Waals surface area contributed by atoms with Gasteiger partial charge in [-0.3, -0.25) is 0 Å². The predicted molar refractivity (Wildman–Crippen MR) is 105 cm³/mol. The third kappa shape index (κ3) is 5.06. The third-order valence-corrected chi connectivity index (χ3v) is 5.50. The molecule has 1 fully saturated rings. The molecule has 6 nitrogen and oxygen atoms in total. The van der Waals surface area contributed by atoms with Crippen LogP contribution >= 0.6 is 23.2 Å². The van der Waals surface area contributed by atoms with Gasteiger partial charge in [0, 0.05) is 31.2 Å². The standard InChI is InChI=1S/C20H23Cl2NO5/c1-12(2)10-26-11-15-14(13-3-4-16(21)17(22)9-13)7-8-23-20(15)27-18(24)5-6-19(25)28-23/h3-6,9,12,14-15,20H,7-8,10-11H2,1-2H3/b6-5+. The van der Waals surface area contributed by atoms with Crippen molar-refractivity contribution in [3.63, 3.8) is 0 Å². The number of fused-ring (bicyclic) bond motifs is 1. The Kier molecular flexibility index (Phi) is 6.99. The van der Waals surface area contributed by atoms with Crippen LogP contribution in [-0.2, 0) is 23.9 Å². The molecule has 28 heavy (non-hydrogen) atoms. The molecule has 0 radical (unpaired) electrons. The van der Waals surface area contributed by atoms with Crippen LogP contribution in [-0.4, -0.2) is 43.0 Å². The maximum Gasteiger partial charge on any atom is 0.350 e. The molecule has 0 N–H and O–H groups in total. The fraction of sp³-hybridized carbons (Fsp3) is 0.500. The minimum atomic E-state index is -0.748. The number of rotatable bonds is 5. The van der Waals surface area contributed by atoms with E-state index >= 15 is 0 Å². The van der Waals surface area contributed by atoms with Gasteiger partial charge in [-0.2, -0.15) is 0 Å². The highest BCUT2D eigenvalue weighted by molar-refractivity contribution is 6.42. The van der Waals surface area contributed by atoms with Crippen LogP contribution in [0, 0.1) is 11.8 Å². The van der Waals surface area contributed by atoms with Gasteiger partial charge in [-0.15, -0.1) is 0 Å². The van der Waals surface area contributed by atoms with E-state index < -0.39 is 18.2 Å². The number of halogens is 2. The van der Waals surface area contributed by atoms with Crippen molar-refractivity contribution in [3.8, 4) is 0 Å². The van der Waals surface area contributed by atoms with Crippen molar-refractivity contribution in [2.45, 2.75) is 32.4 Å². The molecule has 152 valence electrons. The van der Waals surface area contributed by atoms with Crippen molar-refractivity contribution < 1.29 is 23.9 Å². The van der Waals surface area contributed by atoms with Crippen LogP contribution in [0.4, 0.5) is 0 Å². The molecule has 1 saturated heterocycles. The lowest BCUT2D eigenvalue weighted by Crippen LogP contribution is -2.53. The summed E-state index contributed by atoms with van der Waals surface area (Å²) >= 11 is 12.3. The topological polar surface area (TPSA) is 65.1 Å². The Bertz CT molecular complexity index is 767. The molecule has 1 aromatic carbocycles. The summed E-state index contributed by atoms with van der Waals surface area (Å²) in [6.45, 7) is 5.46. The van der Waals surface area contributed by atoms with Crippen molar-refractivity contribution in [1.29, 1.82) is 0 Å². The van der Waals surface area contributed by atoms with Gasteiger partial charge in [0.1, 0.15) is 0 Å². The largest absolute Gasteiger partial charge is 0.440 e. The van der Waals surface area contributed by atoms with Crippen LogP contribution in [0.3, 0.4) is 0 Å².